The zero-order chi connectivity index (χ0) is 10.1. The van der Waals surface area contributed by atoms with Crippen molar-refractivity contribution in [1.82, 2.24) is 4.98 Å². The van der Waals surface area contributed by atoms with Crippen molar-refractivity contribution in [1.29, 1.82) is 0 Å². The third kappa shape index (κ3) is 1.31. The van der Waals surface area contributed by atoms with Crippen LogP contribution in [-0.4, -0.2) is 12.1 Å². The molecule has 0 fully saturated rings. The number of hydrogen-bond donors (Lipinski definition) is 2. The molecule has 14 heavy (non-hydrogen) atoms. The molecule has 1 aromatic carbocycles. The third-order valence-corrected chi connectivity index (χ3v) is 2.93. The summed E-state index contributed by atoms with van der Waals surface area (Å²) < 4.78 is 6.28. The van der Waals surface area contributed by atoms with Gasteiger partial charge in [-0.25, -0.2) is 0 Å². The lowest BCUT2D eigenvalue weighted by Crippen LogP contribution is -1.94. The lowest BCUT2D eigenvalue weighted by atomic mass is 10.1. The van der Waals surface area contributed by atoms with Crippen LogP contribution in [0, 0.1) is 0 Å². The number of rotatable bonds is 2. The Labute approximate surface area is 90.4 Å². The van der Waals surface area contributed by atoms with Crippen molar-refractivity contribution in [3.8, 4) is 5.75 Å². The molecule has 0 aliphatic heterocycles. The molecular formula is C10H11BrN2O. The maximum Gasteiger partial charge on any atom is 0.142 e. The van der Waals surface area contributed by atoms with Gasteiger partial charge in [-0.2, -0.15) is 0 Å². The summed E-state index contributed by atoms with van der Waals surface area (Å²) in [5, 5.41) is 1.10. The predicted molar refractivity (Wildman–Crippen MR) is 60.4 cm³/mol. The van der Waals surface area contributed by atoms with Gasteiger partial charge in [-0.15, -0.1) is 0 Å². The van der Waals surface area contributed by atoms with E-state index in [0.717, 1.165) is 26.7 Å². The summed E-state index contributed by atoms with van der Waals surface area (Å²) in [4.78, 5) is 3.16. The quantitative estimate of drug-likeness (QED) is 0.865. The average Bonchev–Trinajstić information content (AvgIpc) is 2.63. The molecule has 2 aromatic rings. The SMILES string of the molecule is COc1ccc(Br)c2c(CN)c[nH]c12. The third-order valence-electron chi connectivity index (χ3n) is 2.27. The van der Waals surface area contributed by atoms with E-state index in [1.165, 1.54) is 0 Å². The molecule has 74 valence electrons. The smallest absolute Gasteiger partial charge is 0.142 e. The Morgan fingerprint density at radius 2 is 2.29 bits per heavy atom. The van der Waals surface area contributed by atoms with Crippen LogP contribution in [-0.2, 0) is 6.54 Å². The molecule has 2 rings (SSSR count). The maximum absolute atomic E-state index is 5.64. The maximum atomic E-state index is 5.64. The van der Waals surface area contributed by atoms with Crippen LogP contribution in [0.3, 0.4) is 0 Å². The Morgan fingerprint density at radius 3 is 2.93 bits per heavy atom. The first-order valence-electron chi connectivity index (χ1n) is 4.30. The largest absolute Gasteiger partial charge is 0.495 e. The number of nitrogens with two attached hydrogens (primary N) is 1. The van der Waals surface area contributed by atoms with Crippen molar-refractivity contribution in [3.63, 3.8) is 0 Å². The van der Waals surface area contributed by atoms with Crippen LogP contribution in [0.1, 0.15) is 5.56 Å². The normalized spacial score (nSPS) is 10.8. The molecule has 0 amide bonds. The van der Waals surface area contributed by atoms with Gasteiger partial charge in [0, 0.05) is 22.6 Å². The number of halogens is 1. The molecule has 0 aliphatic rings. The summed E-state index contributed by atoms with van der Waals surface area (Å²) in [6, 6.07) is 3.89. The van der Waals surface area contributed by atoms with Crippen LogP contribution in [0.15, 0.2) is 22.8 Å². The van der Waals surface area contributed by atoms with Gasteiger partial charge in [0.05, 0.1) is 12.6 Å². The molecule has 0 radical (unpaired) electrons. The van der Waals surface area contributed by atoms with E-state index in [9.17, 15) is 0 Å². The molecule has 1 aromatic heterocycles. The topological polar surface area (TPSA) is 51.0 Å². The Bertz CT molecular complexity index is 464. The highest BCUT2D eigenvalue weighted by atomic mass is 79.9. The zero-order valence-corrected chi connectivity index (χ0v) is 9.39. The molecule has 1 heterocycles. The number of aromatic amines is 1. The molecule has 0 aliphatic carbocycles. The van der Waals surface area contributed by atoms with Crippen LogP contribution in [0.4, 0.5) is 0 Å². The Kier molecular flexibility index (Phi) is 2.48. The summed E-state index contributed by atoms with van der Waals surface area (Å²) in [6.45, 7) is 0.520. The van der Waals surface area contributed by atoms with Crippen molar-refractivity contribution in [2.45, 2.75) is 6.54 Å². The van der Waals surface area contributed by atoms with Crippen molar-refractivity contribution >= 4 is 26.8 Å². The van der Waals surface area contributed by atoms with Gasteiger partial charge in [-0.3, -0.25) is 0 Å². The fourth-order valence-electron chi connectivity index (χ4n) is 1.58. The Hall–Kier alpha value is -1.00. The van der Waals surface area contributed by atoms with E-state index in [1.54, 1.807) is 7.11 Å². The fourth-order valence-corrected chi connectivity index (χ4v) is 2.16. The predicted octanol–water partition coefficient (Wildman–Crippen LogP) is 2.40. The van der Waals surface area contributed by atoms with Gasteiger partial charge in [-0.1, -0.05) is 15.9 Å². The summed E-state index contributed by atoms with van der Waals surface area (Å²) in [5.41, 5.74) is 7.72. The number of H-pyrrole nitrogens is 1. The monoisotopic (exact) mass is 254 g/mol. The van der Waals surface area contributed by atoms with Gasteiger partial charge in [0.15, 0.2) is 0 Å². The van der Waals surface area contributed by atoms with E-state index >= 15 is 0 Å². The number of fused-ring (bicyclic) bond motifs is 1. The summed E-state index contributed by atoms with van der Waals surface area (Å²) in [6.07, 6.45) is 1.91. The van der Waals surface area contributed by atoms with E-state index in [-0.39, 0.29) is 0 Å². The minimum Gasteiger partial charge on any atom is -0.495 e. The van der Waals surface area contributed by atoms with Gasteiger partial charge in [-0.05, 0) is 17.7 Å². The minimum atomic E-state index is 0.520. The standard InChI is InChI=1S/C10H11BrN2O/c1-14-8-3-2-7(11)9-6(4-12)5-13-10(8)9/h2-3,5,13H,4,12H2,1H3. The van der Waals surface area contributed by atoms with Gasteiger partial charge < -0.3 is 15.5 Å². The second-order valence-electron chi connectivity index (χ2n) is 3.02. The first kappa shape index (κ1) is 9.55. The molecule has 3 nitrogen and oxygen atoms in total. The van der Waals surface area contributed by atoms with Crippen LogP contribution >= 0.6 is 15.9 Å². The highest BCUT2D eigenvalue weighted by Crippen LogP contribution is 2.33. The summed E-state index contributed by atoms with van der Waals surface area (Å²) in [7, 11) is 1.66. The van der Waals surface area contributed by atoms with Gasteiger partial charge in [0.1, 0.15) is 5.75 Å². The highest BCUT2D eigenvalue weighted by molar-refractivity contribution is 9.10. The second kappa shape index (κ2) is 3.63. The van der Waals surface area contributed by atoms with Gasteiger partial charge in [0.2, 0.25) is 0 Å². The van der Waals surface area contributed by atoms with Crippen molar-refractivity contribution in [2.24, 2.45) is 5.73 Å². The number of benzene rings is 1. The molecule has 4 heteroatoms. The first-order valence-corrected chi connectivity index (χ1v) is 5.09. The molecule has 0 spiro atoms. The van der Waals surface area contributed by atoms with Crippen molar-refractivity contribution < 1.29 is 4.74 Å². The Morgan fingerprint density at radius 1 is 1.50 bits per heavy atom. The molecule has 0 atom stereocenters. The number of methoxy groups -OCH3 is 1. The van der Waals surface area contributed by atoms with Crippen LogP contribution < -0.4 is 10.5 Å². The van der Waals surface area contributed by atoms with E-state index in [0.29, 0.717) is 6.54 Å². The molecule has 0 saturated heterocycles. The van der Waals surface area contributed by atoms with Crippen LogP contribution in [0.5, 0.6) is 5.75 Å². The number of hydrogen-bond acceptors (Lipinski definition) is 2. The lowest BCUT2D eigenvalue weighted by Gasteiger charge is -2.03. The van der Waals surface area contributed by atoms with Crippen molar-refractivity contribution in [3.05, 3.63) is 28.4 Å². The molecule has 0 saturated carbocycles. The van der Waals surface area contributed by atoms with E-state index in [4.69, 9.17) is 10.5 Å². The molecular weight excluding hydrogens is 244 g/mol. The summed E-state index contributed by atoms with van der Waals surface area (Å²) >= 11 is 3.50. The molecule has 3 N–H and O–H groups in total. The first-order chi connectivity index (χ1) is 6.77. The number of nitrogens with one attached hydrogen (secondary N) is 1. The lowest BCUT2D eigenvalue weighted by molar-refractivity contribution is 0.419. The second-order valence-corrected chi connectivity index (χ2v) is 3.87. The Balaban J connectivity index is 2.80. The van der Waals surface area contributed by atoms with E-state index in [1.807, 2.05) is 18.3 Å². The number of aromatic nitrogens is 1. The molecule has 0 unspecified atom stereocenters. The average molecular weight is 255 g/mol. The van der Waals surface area contributed by atoms with Crippen molar-refractivity contribution in [2.75, 3.05) is 7.11 Å². The highest BCUT2D eigenvalue weighted by Gasteiger charge is 2.09. The van der Waals surface area contributed by atoms with E-state index < -0.39 is 0 Å². The minimum absolute atomic E-state index is 0.520. The zero-order valence-electron chi connectivity index (χ0n) is 7.80. The van der Waals surface area contributed by atoms with Crippen LogP contribution in [0.2, 0.25) is 0 Å². The fraction of sp³-hybridized carbons (Fsp3) is 0.200. The van der Waals surface area contributed by atoms with Gasteiger partial charge >= 0.3 is 0 Å². The van der Waals surface area contributed by atoms with Gasteiger partial charge in [0.25, 0.3) is 0 Å². The van der Waals surface area contributed by atoms with E-state index in [2.05, 4.69) is 20.9 Å². The molecule has 0 bridgehead atoms. The number of ether oxygens (including phenoxy) is 1. The van der Waals surface area contributed by atoms with Crippen LogP contribution in [0.25, 0.3) is 10.9 Å². The summed E-state index contributed by atoms with van der Waals surface area (Å²) in [5.74, 6) is 0.836.